The molecule has 0 radical (unpaired) electrons. The highest BCUT2D eigenvalue weighted by molar-refractivity contribution is 7.07. The second kappa shape index (κ2) is 5.50. The SMILES string of the molecule is O=C(c1cscn1)N1CCN(c2cccc(O)c2)CC1. The summed E-state index contributed by atoms with van der Waals surface area (Å²) < 4.78 is 0. The molecular formula is C14H15N3O2S. The first-order valence-corrected chi connectivity index (χ1v) is 7.40. The third-order valence-electron chi connectivity index (χ3n) is 3.41. The Morgan fingerprint density at radius 2 is 2.05 bits per heavy atom. The van der Waals surface area contributed by atoms with Gasteiger partial charge in [0.05, 0.1) is 5.51 Å². The summed E-state index contributed by atoms with van der Waals surface area (Å²) in [7, 11) is 0. The van der Waals surface area contributed by atoms with Gasteiger partial charge in [-0.3, -0.25) is 4.79 Å². The van der Waals surface area contributed by atoms with Crippen LogP contribution in [0.2, 0.25) is 0 Å². The zero-order chi connectivity index (χ0) is 13.9. The van der Waals surface area contributed by atoms with E-state index in [1.165, 1.54) is 11.3 Å². The minimum atomic E-state index is 0.00167. The van der Waals surface area contributed by atoms with Gasteiger partial charge in [-0.1, -0.05) is 6.07 Å². The Morgan fingerprint density at radius 3 is 2.70 bits per heavy atom. The second-order valence-corrected chi connectivity index (χ2v) is 5.39. The number of carbonyl (C=O) groups excluding carboxylic acids is 1. The summed E-state index contributed by atoms with van der Waals surface area (Å²) in [4.78, 5) is 20.2. The molecule has 6 heteroatoms. The Kier molecular flexibility index (Phi) is 3.56. The molecule has 2 aromatic rings. The first kappa shape index (κ1) is 12.9. The number of piperazine rings is 1. The molecule has 0 aliphatic carbocycles. The van der Waals surface area contributed by atoms with Crippen molar-refractivity contribution in [3.05, 3.63) is 40.8 Å². The largest absolute Gasteiger partial charge is 0.508 e. The molecule has 1 N–H and O–H groups in total. The predicted molar refractivity (Wildman–Crippen MR) is 78.3 cm³/mol. The number of nitrogens with zero attached hydrogens (tertiary/aromatic N) is 3. The van der Waals surface area contributed by atoms with Crippen molar-refractivity contribution in [2.45, 2.75) is 0 Å². The third-order valence-corrected chi connectivity index (χ3v) is 4.00. The molecule has 1 aliphatic heterocycles. The van der Waals surface area contributed by atoms with Gasteiger partial charge in [-0.25, -0.2) is 4.98 Å². The molecule has 1 amide bonds. The van der Waals surface area contributed by atoms with Crippen LogP contribution in [-0.4, -0.2) is 47.1 Å². The molecule has 3 rings (SSSR count). The van der Waals surface area contributed by atoms with Gasteiger partial charge in [-0.2, -0.15) is 0 Å². The van der Waals surface area contributed by atoms with E-state index in [2.05, 4.69) is 9.88 Å². The summed E-state index contributed by atoms with van der Waals surface area (Å²) in [5.41, 5.74) is 3.20. The van der Waals surface area contributed by atoms with E-state index in [0.29, 0.717) is 18.8 Å². The minimum absolute atomic E-state index is 0.00167. The molecule has 2 heterocycles. The number of thiazole rings is 1. The maximum absolute atomic E-state index is 12.2. The second-order valence-electron chi connectivity index (χ2n) is 4.67. The van der Waals surface area contributed by atoms with E-state index in [9.17, 15) is 9.90 Å². The van der Waals surface area contributed by atoms with Gasteiger partial charge in [0, 0.05) is 43.3 Å². The van der Waals surface area contributed by atoms with Crippen molar-refractivity contribution >= 4 is 22.9 Å². The summed E-state index contributed by atoms with van der Waals surface area (Å²) in [6.45, 7) is 2.87. The van der Waals surface area contributed by atoms with Crippen LogP contribution in [0.5, 0.6) is 5.75 Å². The molecule has 1 aromatic carbocycles. The van der Waals surface area contributed by atoms with Crippen LogP contribution in [0.15, 0.2) is 35.2 Å². The van der Waals surface area contributed by atoms with Crippen LogP contribution >= 0.6 is 11.3 Å². The molecule has 1 aliphatic rings. The van der Waals surface area contributed by atoms with Crippen molar-refractivity contribution in [1.82, 2.24) is 9.88 Å². The minimum Gasteiger partial charge on any atom is -0.508 e. The van der Waals surface area contributed by atoms with Crippen molar-refractivity contribution in [1.29, 1.82) is 0 Å². The number of anilines is 1. The number of rotatable bonds is 2. The highest BCUT2D eigenvalue weighted by Gasteiger charge is 2.23. The van der Waals surface area contributed by atoms with Gasteiger partial charge in [0.15, 0.2) is 0 Å². The number of hydrogen-bond donors (Lipinski definition) is 1. The van der Waals surface area contributed by atoms with Crippen molar-refractivity contribution in [3.8, 4) is 5.75 Å². The topological polar surface area (TPSA) is 56.7 Å². The van der Waals surface area contributed by atoms with E-state index in [4.69, 9.17) is 0 Å². The lowest BCUT2D eigenvalue weighted by atomic mass is 10.2. The molecule has 0 spiro atoms. The molecule has 0 saturated carbocycles. The Balaban J connectivity index is 1.64. The molecular weight excluding hydrogens is 274 g/mol. The standard InChI is InChI=1S/C14H15N3O2S/c18-12-3-1-2-11(8-12)16-4-6-17(7-5-16)14(19)13-9-20-10-15-13/h1-3,8-10,18H,4-7H2. The predicted octanol–water partition coefficient (Wildman–Crippen LogP) is 1.81. The molecule has 0 bridgehead atoms. The maximum Gasteiger partial charge on any atom is 0.273 e. The molecule has 0 atom stereocenters. The van der Waals surface area contributed by atoms with Gasteiger partial charge in [0.1, 0.15) is 11.4 Å². The first-order valence-electron chi connectivity index (χ1n) is 6.45. The molecule has 1 aromatic heterocycles. The van der Waals surface area contributed by atoms with Crippen LogP contribution in [-0.2, 0) is 0 Å². The van der Waals surface area contributed by atoms with Gasteiger partial charge in [0.2, 0.25) is 0 Å². The maximum atomic E-state index is 12.2. The fourth-order valence-corrected chi connectivity index (χ4v) is 2.86. The molecule has 0 unspecified atom stereocenters. The quantitative estimate of drug-likeness (QED) is 0.916. The van der Waals surface area contributed by atoms with E-state index < -0.39 is 0 Å². The number of amides is 1. The number of benzene rings is 1. The van der Waals surface area contributed by atoms with Gasteiger partial charge in [0.25, 0.3) is 5.91 Å². The Labute approximate surface area is 121 Å². The summed E-state index contributed by atoms with van der Waals surface area (Å²) in [6.07, 6.45) is 0. The molecule has 20 heavy (non-hydrogen) atoms. The lowest BCUT2D eigenvalue weighted by molar-refractivity contribution is 0.0741. The Morgan fingerprint density at radius 1 is 1.25 bits per heavy atom. The first-order chi connectivity index (χ1) is 9.74. The Hall–Kier alpha value is -2.08. The van der Waals surface area contributed by atoms with Crippen molar-refractivity contribution in [2.75, 3.05) is 31.1 Å². The van der Waals surface area contributed by atoms with E-state index in [1.807, 2.05) is 17.0 Å². The van der Waals surface area contributed by atoms with E-state index >= 15 is 0 Å². The normalized spacial score (nSPS) is 15.4. The highest BCUT2D eigenvalue weighted by atomic mass is 32.1. The molecule has 104 valence electrons. The number of hydrogen-bond acceptors (Lipinski definition) is 5. The van der Waals surface area contributed by atoms with Crippen molar-refractivity contribution in [2.24, 2.45) is 0 Å². The molecule has 1 fully saturated rings. The molecule has 5 nitrogen and oxygen atoms in total. The van der Waals surface area contributed by atoms with Gasteiger partial charge < -0.3 is 14.9 Å². The average Bonchev–Trinajstić information content (AvgIpc) is 3.01. The van der Waals surface area contributed by atoms with Crippen molar-refractivity contribution in [3.63, 3.8) is 0 Å². The Bertz CT molecular complexity index is 592. The third kappa shape index (κ3) is 2.60. The number of aromatic nitrogens is 1. The zero-order valence-corrected chi connectivity index (χ0v) is 11.7. The molecule has 1 saturated heterocycles. The lowest BCUT2D eigenvalue weighted by Gasteiger charge is -2.35. The number of phenols is 1. The van der Waals surface area contributed by atoms with Crippen LogP contribution < -0.4 is 4.90 Å². The van der Waals surface area contributed by atoms with Crippen LogP contribution in [0.3, 0.4) is 0 Å². The van der Waals surface area contributed by atoms with Crippen LogP contribution in [0.4, 0.5) is 5.69 Å². The van der Waals surface area contributed by atoms with E-state index in [0.717, 1.165) is 18.8 Å². The number of carbonyl (C=O) groups is 1. The monoisotopic (exact) mass is 289 g/mol. The summed E-state index contributed by atoms with van der Waals surface area (Å²) in [5, 5.41) is 11.3. The smallest absolute Gasteiger partial charge is 0.273 e. The summed E-state index contributed by atoms with van der Waals surface area (Å²) >= 11 is 1.43. The van der Waals surface area contributed by atoms with Crippen LogP contribution in [0.1, 0.15) is 10.5 Å². The highest BCUT2D eigenvalue weighted by Crippen LogP contribution is 2.21. The van der Waals surface area contributed by atoms with Crippen LogP contribution in [0, 0.1) is 0 Å². The zero-order valence-electron chi connectivity index (χ0n) is 10.9. The van der Waals surface area contributed by atoms with Crippen LogP contribution in [0.25, 0.3) is 0 Å². The van der Waals surface area contributed by atoms with Gasteiger partial charge in [-0.05, 0) is 12.1 Å². The fraction of sp³-hybridized carbons (Fsp3) is 0.286. The van der Waals surface area contributed by atoms with Gasteiger partial charge >= 0.3 is 0 Å². The average molecular weight is 289 g/mol. The van der Waals surface area contributed by atoms with E-state index in [-0.39, 0.29) is 11.7 Å². The van der Waals surface area contributed by atoms with E-state index in [1.54, 1.807) is 23.0 Å². The lowest BCUT2D eigenvalue weighted by Crippen LogP contribution is -2.48. The fourth-order valence-electron chi connectivity index (χ4n) is 2.34. The summed E-state index contributed by atoms with van der Waals surface area (Å²) in [6, 6.07) is 7.21. The number of aromatic hydroxyl groups is 1. The summed E-state index contributed by atoms with van der Waals surface area (Å²) in [5.74, 6) is 0.269. The number of phenolic OH excluding ortho intramolecular Hbond substituents is 1. The van der Waals surface area contributed by atoms with Gasteiger partial charge in [-0.15, -0.1) is 11.3 Å². The van der Waals surface area contributed by atoms with Crippen molar-refractivity contribution < 1.29 is 9.90 Å².